The lowest BCUT2D eigenvalue weighted by atomic mass is 10.3. The number of ether oxygens (including phenoxy) is 1. The average molecular weight is 418 g/mol. The van der Waals surface area contributed by atoms with Gasteiger partial charge in [-0.1, -0.05) is 12.2 Å². The van der Waals surface area contributed by atoms with Gasteiger partial charge in [-0.25, -0.2) is 9.97 Å². The monoisotopic (exact) mass is 416 g/mol. The van der Waals surface area contributed by atoms with Crippen molar-refractivity contribution in [1.29, 1.82) is 0 Å². The molecule has 5 nitrogen and oxygen atoms in total. The van der Waals surface area contributed by atoms with Gasteiger partial charge in [-0.2, -0.15) is 0 Å². The third kappa shape index (κ3) is 3.44. The van der Waals surface area contributed by atoms with Crippen molar-refractivity contribution in [2.45, 2.75) is 0 Å². The molecule has 2 rings (SSSR count). The second kappa shape index (κ2) is 6.47. The van der Waals surface area contributed by atoms with Crippen LogP contribution in [0.2, 0.25) is 0 Å². The first-order chi connectivity index (χ1) is 9.51. The van der Waals surface area contributed by atoms with Gasteiger partial charge in [0.2, 0.25) is 5.95 Å². The van der Waals surface area contributed by atoms with Gasteiger partial charge in [0, 0.05) is 16.7 Å². The number of hydrogen-bond acceptors (Lipinski definition) is 5. The van der Waals surface area contributed by atoms with E-state index in [0.717, 1.165) is 14.6 Å². The molecule has 0 aliphatic rings. The molecule has 3 N–H and O–H groups in total. The number of benzene rings is 1. The Morgan fingerprint density at radius 2 is 2.10 bits per heavy atom. The van der Waals surface area contributed by atoms with Crippen LogP contribution in [0, 0.1) is 0 Å². The zero-order chi connectivity index (χ0) is 14.7. The molecular formula is C12H10Br2N4OS. The van der Waals surface area contributed by atoms with Gasteiger partial charge in [-0.3, -0.25) is 0 Å². The molecule has 0 bridgehead atoms. The van der Waals surface area contributed by atoms with Crippen molar-refractivity contribution >= 4 is 60.7 Å². The molecule has 20 heavy (non-hydrogen) atoms. The summed E-state index contributed by atoms with van der Waals surface area (Å²) in [5.41, 5.74) is 6.83. The van der Waals surface area contributed by atoms with Gasteiger partial charge in [0.25, 0.3) is 0 Å². The molecule has 2 aromatic rings. The van der Waals surface area contributed by atoms with Gasteiger partial charge in [0.1, 0.15) is 16.4 Å². The summed E-state index contributed by atoms with van der Waals surface area (Å²) in [6.45, 7) is 0. The van der Waals surface area contributed by atoms with E-state index >= 15 is 0 Å². The van der Waals surface area contributed by atoms with E-state index in [1.54, 1.807) is 19.4 Å². The minimum Gasteiger partial charge on any atom is -0.495 e. The Kier molecular flexibility index (Phi) is 4.90. The van der Waals surface area contributed by atoms with Crippen LogP contribution in [0.5, 0.6) is 5.75 Å². The number of halogens is 2. The van der Waals surface area contributed by atoms with Crippen molar-refractivity contribution in [1.82, 2.24) is 9.97 Å². The van der Waals surface area contributed by atoms with E-state index in [2.05, 4.69) is 47.1 Å². The molecule has 0 fully saturated rings. The SMILES string of the molecule is COc1cc(Nc2nccc(C(N)=S)n2)c(Br)cc1Br. The van der Waals surface area contributed by atoms with E-state index in [4.69, 9.17) is 22.7 Å². The molecule has 1 heterocycles. The smallest absolute Gasteiger partial charge is 0.227 e. The highest BCUT2D eigenvalue weighted by molar-refractivity contribution is 9.11. The minimum absolute atomic E-state index is 0.225. The average Bonchev–Trinajstić information content (AvgIpc) is 2.42. The summed E-state index contributed by atoms with van der Waals surface area (Å²) in [7, 11) is 1.60. The fraction of sp³-hybridized carbons (Fsp3) is 0.0833. The minimum atomic E-state index is 0.225. The van der Waals surface area contributed by atoms with E-state index in [0.29, 0.717) is 17.4 Å². The Morgan fingerprint density at radius 3 is 2.75 bits per heavy atom. The first-order valence-corrected chi connectivity index (χ1v) is 7.43. The molecule has 1 aromatic carbocycles. The molecule has 8 heteroatoms. The maximum absolute atomic E-state index is 5.55. The Balaban J connectivity index is 2.34. The number of nitrogens with zero attached hydrogens (tertiary/aromatic N) is 2. The summed E-state index contributed by atoms with van der Waals surface area (Å²) in [6.07, 6.45) is 1.59. The quantitative estimate of drug-likeness (QED) is 0.742. The Morgan fingerprint density at radius 1 is 1.35 bits per heavy atom. The number of thiocarbonyl (C=S) groups is 1. The lowest BCUT2D eigenvalue weighted by Crippen LogP contribution is -2.12. The van der Waals surface area contributed by atoms with E-state index in [1.165, 1.54) is 0 Å². The summed E-state index contributed by atoms with van der Waals surface area (Å²) < 4.78 is 6.94. The van der Waals surface area contributed by atoms with Gasteiger partial charge in [0.05, 0.1) is 17.3 Å². The highest BCUT2D eigenvalue weighted by Crippen LogP contribution is 2.35. The Labute approximate surface area is 138 Å². The highest BCUT2D eigenvalue weighted by Gasteiger charge is 2.09. The van der Waals surface area contributed by atoms with Crippen LogP contribution in [0.4, 0.5) is 11.6 Å². The molecule has 1 aromatic heterocycles. The predicted molar refractivity (Wildman–Crippen MR) is 89.6 cm³/mol. The van der Waals surface area contributed by atoms with E-state index < -0.39 is 0 Å². The van der Waals surface area contributed by atoms with Gasteiger partial charge < -0.3 is 15.8 Å². The van der Waals surface area contributed by atoms with Crippen LogP contribution < -0.4 is 15.8 Å². The van der Waals surface area contributed by atoms with Crippen molar-refractivity contribution in [2.75, 3.05) is 12.4 Å². The van der Waals surface area contributed by atoms with Crippen LogP contribution in [0.3, 0.4) is 0 Å². The van der Waals surface area contributed by atoms with E-state index in [1.807, 2.05) is 12.1 Å². The number of anilines is 2. The van der Waals surface area contributed by atoms with Crippen LogP contribution >= 0.6 is 44.1 Å². The van der Waals surface area contributed by atoms with Crippen LogP contribution in [0.15, 0.2) is 33.3 Å². The van der Waals surface area contributed by atoms with Crippen LogP contribution in [-0.2, 0) is 0 Å². The molecule has 0 unspecified atom stereocenters. The molecule has 0 aliphatic heterocycles. The lowest BCUT2D eigenvalue weighted by Gasteiger charge is -2.11. The number of rotatable bonds is 4. The first kappa shape index (κ1) is 15.1. The van der Waals surface area contributed by atoms with Crippen LogP contribution in [0.1, 0.15) is 5.69 Å². The van der Waals surface area contributed by atoms with Crippen LogP contribution in [0.25, 0.3) is 0 Å². The maximum Gasteiger partial charge on any atom is 0.227 e. The molecule has 104 valence electrons. The highest BCUT2D eigenvalue weighted by atomic mass is 79.9. The zero-order valence-corrected chi connectivity index (χ0v) is 14.3. The second-order valence-electron chi connectivity index (χ2n) is 3.72. The molecule has 0 atom stereocenters. The summed E-state index contributed by atoms with van der Waals surface area (Å²) >= 11 is 11.8. The largest absolute Gasteiger partial charge is 0.495 e. The molecule has 0 saturated heterocycles. The number of hydrogen-bond donors (Lipinski definition) is 2. The van der Waals surface area contributed by atoms with Crippen molar-refractivity contribution in [2.24, 2.45) is 5.73 Å². The summed E-state index contributed by atoms with van der Waals surface area (Å²) in [5, 5.41) is 3.08. The molecule has 0 aliphatic carbocycles. The Hall–Kier alpha value is -1.25. The van der Waals surface area contributed by atoms with Crippen molar-refractivity contribution in [3.8, 4) is 5.75 Å². The second-order valence-corrected chi connectivity index (χ2v) is 5.87. The summed E-state index contributed by atoms with van der Waals surface area (Å²) in [4.78, 5) is 8.58. The van der Waals surface area contributed by atoms with Crippen molar-refractivity contribution in [3.63, 3.8) is 0 Å². The molecule has 0 spiro atoms. The Bertz CT molecular complexity index is 666. The first-order valence-electron chi connectivity index (χ1n) is 5.44. The number of nitrogens with one attached hydrogen (secondary N) is 1. The summed E-state index contributed by atoms with van der Waals surface area (Å²) in [5.74, 6) is 1.10. The molecule has 0 amide bonds. The van der Waals surface area contributed by atoms with Gasteiger partial charge in [0.15, 0.2) is 0 Å². The predicted octanol–water partition coefficient (Wildman–Crippen LogP) is 3.39. The van der Waals surface area contributed by atoms with Gasteiger partial charge in [-0.05, 0) is 44.0 Å². The number of aromatic nitrogens is 2. The number of methoxy groups -OCH3 is 1. The third-order valence-corrected chi connectivity index (χ3v) is 3.88. The van der Waals surface area contributed by atoms with Crippen molar-refractivity contribution in [3.05, 3.63) is 39.0 Å². The van der Waals surface area contributed by atoms with E-state index in [9.17, 15) is 0 Å². The molecule has 0 radical (unpaired) electrons. The van der Waals surface area contributed by atoms with Gasteiger partial charge >= 0.3 is 0 Å². The van der Waals surface area contributed by atoms with E-state index in [-0.39, 0.29) is 4.99 Å². The molecule has 0 saturated carbocycles. The topological polar surface area (TPSA) is 73.1 Å². The molecular weight excluding hydrogens is 408 g/mol. The lowest BCUT2D eigenvalue weighted by molar-refractivity contribution is 0.412. The third-order valence-electron chi connectivity index (χ3n) is 2.40. The summed E-state index contributed by atoms with van der Waals surface area (Å²) in [6, 6.07) is 5.36. The standard InChI is InChI=1S/C12H10Br2N4OS/c1-19-10-5-9(6(13)4-7(10)14)18-12-16-3-2-8(17-12)11(15)20/h2-5H,1H3,(H2,15,20)(H,16,17,18). The fourth-order valence-corrected chi connectivity index (χ4v) is 2.83. The van der Waals surface area contributed by atoms with Gasteiger partial charge in [-0.15, -0.1) is 0 Å². The van der Waals surface area contributed by atoms with Crippen LogP contribution in [-0.4, -0.2) is 22.1 Å². The number of nitrogens with two attached hydrogens (primary N) is 1. The fourth-order valence-electron chi connectivity index (χ4n) is 1.46. The normalized spacial score (nSPS) is 10.2. The zero-order valence-electron chi connectivity index (χ0n) is 10.4. The van der Waals surface area contributed by atoms with Crippen molar-refractivity contribution < 1.29 is 4.74 Å². The maximum atomic E-state index is 5.55.